The summed E-state index contributed by atoms with van der Waals surface area (Å²) in [6, 6.07) is 3.02. The lowest BCUT2D eigenvalue weighted by Gasteiger charge is -2.23. The third-order valence-corrected chi connectivity index (χ3v) is 1.85. The molecule has 4 nitrogen and oxygen atoms in total. The molecule has 0 bridgehead atoms. The summed E-state index contributed by atoms with van der Waals surface area (Å²) in [5.74, 6) is 0.108. The summed E-state index contributed by atoms with van der Waals surface area (Å²) in [5, 5.41) is 16.0. The monoisotopic (exact) mass is 235 g/mol. The number of aromatic nitrogens is 2. The van der Waals surface area contributed by atoms with Crippen LogP contribution >= 0.6 is 0 Å². The van der Waals surface area contributed by atoms with Crippen LogP contribution in [0.2, 0.25) is 0 Å². The maximum absolute atomic E-state index is 12.2. The van der Waals surface area contributed by atoms with E-state index in [4.69, 9.17) is 5.11 Å². The minimum absolute atomic E-state index is 0.108. The molecule has 0 saturated heterocycles. The Labute approximate surface area is 90.7 Å². The molecular weight excluding hydrogens is 223 g/mol. The van der Waals surface area contributed by atoms with Gasteiger partial charge in [-0.05, 0) is 19.1 Å². The molecule has 0 aromatic carbocycles. The Morgan fingerprint density at radius 1 is 1.31 bits per heavy atom. The fraction of sp³-hybridized carbons (Fsp3) is 0.556. The Balaban J connectivity index is 2.80. The summed E-state index contributed by atoms with van der Waals surface area (Å²) >= 11 is 0. The second-order valence-corrected chi connectivity index (χ2v) is 3.29. The summed E-state index contributed by atoms with van der Waals surface area (Å²) in [4.78, 5) is 0.937. The van der Waals surface area contributed by atoms with Gasteiger partial charge in [0.15, 0.2) is 5.82 Å². The predicted octanol–water partition coefficient (Wildman–Crippen LogP) is 1.15. The first-order valence-corrected chi connectivity index (χ1v) is 4.65. The zero-order chi connectivity index (χ0) is 12.2. The molecule has 0 radical (unpaired) electrons. The second kappa shape index (κ2) is 5.11. The molecule has 7 heteroatoms. The van der Waals surface area contributed by atoms with E-state index in [0.717, 1.165) is 4.90 Å². The number of hydrogen-bond donors (Lipinski definition) is 1. The molecule has 1 rings (SSSR count). The van der Waals surface area contributed by atoms with Gasteiger partial charge in [0.2, 0.25) is 0 Å². The van der Waals surface area contributed by atoms with Crippen molar-refractivity contribution < 1.29 is 18.3 Å². The van der Waals surface area contributed by atoms with Crippen molar-refractivity contribution in [3.63, 3.8) is 0 Å². The third kappa shape index (κ3) is 4.01. The van der Waals surface area contributed by atoms with Gasteiger partial charge in [0.1, 0.15) is 6.54 Å². The summed E-state index contributed by atoms with van der Waals surface area (Å²) in [7, 11) is 0. The average molecular weight is 235 g/mol. The molecule has 0 fully saturated rings. The minimum Gasteiger partial charge on any atom is -0.395 e. The van der Waals surface area contributed by atoms with Gasteiger partial charge in [-0.15, -0.1) is 5.10 Å². The van der Waals surface area contributed by atoms with E-state index in [2.05, 4.69) is 10.2 Å². The van der Waals surface area contributed by atoms with Gasteiger partial charge in [-0.3, -0.25) is 0 Å². The lowest BCUT2D eigenvalue weighted by atomic mass is 10.4. The number of nitrogens with zero attached hydrogens (tertiary/aromatic N) is 3. The molecule has 0 amide bonds. The van der Waals surface area contributed by atoms with Gasteiger partial charge < -0.3 is 10.0 Å². The van der Waals surface area contributed by atoms with Crippen molar-refractivity contribution in [3.8, 4) is 0 Å². The van der Waals surface area contributed by atoms with Crippen molar-refractivity contribution in [2.24, 2.45) is 0 Å². The zero-order valence-corrected chi connectivity index (χ0v) is 8.70. The molecule has 0 atom stereocenters. The normalized spacial score (nSPS) is 11.6. The SMILES string of the molecule is Cc1ccc(N(CCO)CC(F)(F)F)nn1. The molecule has 0 aliphatic heterocycles. The summed E-state index contributed by atoms with van der Waals surface area (Å²) in [5.41, 5.74) is 0.625. The van der Waals surface area contributed by atoms with E-state index in [1.165, 1.54) is 6.07 Å². The maximum Gasteiger partial charge on any atom is 0.405 e. The first-order chi connectivity index (χ1) is 7.42. The topological polar surface area (TPSA) is 49.2 Å². The lowest BCUT2D eigenvalue weighted by molar-refractivity contribution is -0.120. The quantitative estimate of drug-likeness (QED) is 0.850. The van der Waals surface area contributed by atoms with E-state index >= 15 is 0 Å². The number of rotatable bonds is 4. The van der Waals surface area contributed by atoms with Crippen LogP contribution in [-0.2, 0) is 0 Å². The standard InChI is InChI=1S/C9H12F3N3O/c1-7-2-3-8(14-13-7)15(4-5-16)6-9(10,11)12/h2-3,16H,4-6H2,1H3. The highest BCUT2D eigenvalue weighted by molar-refractivity contribution is 5.37. The van der Waals surface area contributed by atoms with Crippen LogP contribution in [0.5, 0.6) is 0 Å². The Morgan fingerprint density at radius 3 is 2.44 bits per heavy atom. The van der Waals surface area contributed by atoms with Crippen LogP contribution in [0.3, 0.4) is 0 Å². The van der Waals surface area contributed by atoms with Crippen LogP contribution in [0.25, 0.3) is 0 Å². The smallest absolute Gasteiger partial charge is 0.395 e. The molecule has 1 N–H and O–H groups in total. The van der Waals surface area contributed by atoms with E-state index in [-0.39, 0.29) is 19.0 Å². The Bertz CT molecular complexity index is 326. The summed E-state index contributed by atoms with van der Waals surface area (Å²) in [6.45, 7) is 0.0467. The van der Waals surface area contributed by atoms with Crippen molar-refractivity contribution >= 4 is 5.82 Å². The van der Waals surface area contributed by atoms with Crippen molar-refractivity contribution in [2.45, 2.75) is 13.1 Å². The highest BCUT2D eigenvalue weighted by Crippen LogP contribution is 2.19. The first kappa shape index (κ1) is 12.7. The lowest BCUT2D eigenvalue weighted by Crippen LogP contribution is -2.36. The Hall–Kier alpha value is -1.37. The molecule has 90 valence electrons. The molecule has 0 spiro atoms. The van der Waals surface area contributed by atoms with Crippen LogP contribution in [0.15, 0.2) is 12.1 Å². The minimum atomic E-state index is -4.33. The fourth-order valence-corrected chi connectivity index (χ4v) is 1.17. The van der Waals surface area contributed by atoms with Gasteiger partial charge in [0, 0.05) is 6.54 Å². The number of aryl methyl sites for hydroxylation is 1. The van der Waals surface area contributed by atoms with Gasteiger partial charge in [-0.1, -0.05) is 0 Å². The van der Waals surface area contributed by atoms with Gasteiger partial charge in [-0.2, -0.15) is 18.3 Å². The second-order valence-electron chi connectivity index (χ2n) is 3.29. The van der Waals surface area contributed by atoms with Crippen LogP contribution in [0, 0.1) is 6.92 Å². The molecular formula is C9H12F3N3O. The number of halogens is 3. The number of anilines is 1. The van der Waals surface area contributed by atoms with Crippen LogP contribution in [0.4, 0.5) is 19.0 Å². The Kier molecular flexibility index (Phi) is 4.05. The molecule has 0 unspecified atom stereocenters. The van der Waals surface area contributed by atoms with Crippen molar-refractivity contribution in [3.05, 3.63) is 17.8 Å². The largest absolute Gasteiger partial charge is 0.405 e. The molecule has 1 heterocycles. The van der Waals surface area contributed by atoms with Crippen molar-refractivity contribution in [1.82, 2.24) is 10.2 Å². The number of alkyl halides is 3. The van der Waals surface area contributed by atoms with Gasteiger partial charge in [-0.25, -0.2) is 0 Å². The van der Waals surface area contributed by atoms with E-state index in [9.17, 15) is 13.2 Å². The van der Waals surface area contributed by atoms with Crippen LogP contribution < -0.4 is 4.90 Å². The van der Waals surface area contributed by atoms with Crippen LogP contribution in [0.1, 0.15) is 5.69 Å². The van der Waals surface area contributed by atoms with Crippen molar-refractivity contribution in [1.29, 1.82) is 0 Å². The molecule has 0 saturated carbocycles. The predicted molar refractivity (Wildman–Crippen MR) is 52.1 cm³/mol. The molecule has 1 aromatic rings. The molecule has 0 aliphatic carbocycles. The number of aliphatic hydroxyl groups excluding tert-OH is 1. The Morgan fingerprint density at radius 2 is 2.00 bits per heavy atom. The number of hydrogen-bond acceptors (Lipinski definition) is 4. The third-order valence-electron chi connectivity index (χ3n) is 1.85. The van der Waals surface area contributed by atoms with Gasteiger partial charge >= 0.3 is 6.18 Å². The fourth-order valence-electron chi connectivity index (χ4n) is 1.17. The van der Waals surface area contributed by atoms with E-state index in [0.29, 0.717) is 5.69 Å². The van der Waals surface area contributed by atoms with E-state index in [1.807, 2.05) is 0 Å². The van der Waals surface area contributed by atoms with E-state index < -0.39 is 12.7 Å². The highest BCUT2D eigenvalue weighted by atomic mass is 19.4. The molecule has 1 aromatic heterocycles. The van der Waals surface area contributed by atoms with E-state index in [1.54, 1.807) is 13.0 Å². The van der Waals surface area contributed by atoms with Gasteiger partial charge in [0.05, 0.1) is 12.3 Å². The number of aliphatic hydroxyl groups is 1. The maximum atomic E-state index is 12.2. The summed E-state index contributed by atoms with van der Waals surface area (Å²) in [6.07, 6.45) is -4.33. The van der Waals surface area contributed by atoms with Gasteiger partial charge in [0.25, 0.3) is 0 Å². The summed E-state index contributed by atoms with van der Waals surface area (Å²) < 4.78 is 36.7. The molecule has 16 heavy (non-hydrogen) atoms. The van der Waals surface area contributed by atoms with Crippen molar-refractivity contribution in [2.75, 3.05) is 24.6 Å². The average Bonchev–Trinajstić information content (AvgIpc) is 2.16. The zero-order valence-electron chi connectivity index (χ0n) is 8.70. The highest BCUT2D eigenvalue weighted by Gasteiger charge is 2.31. The first-order valence-electron chi connectivity index (χ1n) is 4.65. The molecule has 0 aliphatic rings. The van der Waals surface area contributed by atoms with Crippen LogP contribution in [-0.4, -0.2) is 41.2 Å².